The summed E-state index contributed by atoms with van der Waals surface area (Å²) in [5.74, 6) is 0.747. The van der Waals surface area contributed by atoms with E-state index in [-0.39, 0.29) is 24.3 Å². The highest BCUT2D eigenvalue weighted by molar-refractivity contribution is 5.98. The zero-order valence-electron chi connectivity index (χ0n) is 14.6. The molecule has 134 valence electrons. The lowest BCUT2D eigenvalue weighted by atomic mass is 9.93. The summed E-state index contributed by atoms with van der Waals surface area (Å²) in [5, 5.41) is 10.7. The minimum Gasteiger partial charge on any atom is -0.497 e. The minimum atomic E-state index is -0.0583. The van der Waals surface area contributed by atoms with Gasteiger partial charge in [0, 0.05) is 54.3 Å². The summed E-state index contributed by atoms with van der Waals surface area (Å²) in [6.07, 6.45) is 1.75. The monoisotopic (exact) mass is 351 g/mol. The molecule has 0 unspecified atom stereocenters. The average Bonchev–Trinajstić information content (AvgIpc) is 3.31. The first kappa shape index (κ1) is 16.6. The third kappa shape index (κ3) is 2.93. The summed E-state index contributed by atoms with van der Waals surface area (Å²) in [4.78, 5) is 22.4. The van der Waals surface area contributed by atoms with Crippen LogP contribution < -0.4 is 4.74 Å². The number of aromatic amines is 1. The first-order chi connectivity index (χ1) is 12.7. The van der Waals surface area contributed by atoms with Crippen molar-refractivity contribution in [2.45, 2.75) is 5.92 Å². The summed E-state index contributed by atoms with van der Waals surface area (Å²) in [6.45, 7) is 1.12. The van der Waals surface area contributed by atoms with Gasteiger partial charge in [-0.25, -0.2) is 0 Å². The molecule has 6 heteroatoms. The number of methoxy groups -OCH3 is 1. The molecule has 0 spiro atoms. The smallest absolute Gasteiger partial charge is 0.270 e. The van der Waals surface area contributed by atoms with E-state index in [1.807, 2.05) is 42.5 Å². The fraction of sp³-hybridized carbons (Fsp3) is 0.300. The largest absolute Gasteiger partial charge is 0.497 e. The van der Waals surface area contributed by atoms with Gasteiger partial charge in [0.15, 0.2) is 0 Å². The molecule has 0 saturated carbocycles. The molecule has 3 aromatic rings. The van der Waals surface area contributed by atoms with Crippen molar-refractivity contribution < 1.29 is 14.6 Å². The average molecular weight is 351 g/mol. The molecule has 2 N–H and O–H groups in total. The highest BCUT2D eigenvalue weighted by Crippen LogP contribution is 2.32. The number of hydrogen-bond donors (Lipinski definition) is 2. The van der Waals surface area contributed by atoms with Crippen molar-refractivity contribution in [1.29, 1.82) is 0 Å². The Hall–Kier alpha value is -2.86. The topological polar surface area (TPSA) is 78.5 Å². The molecule has 1 saturated heterocycles. The molecule has 6 nitrogen and oxygen atoms in total. The number of nitrogens with one attached hydrogen (secondary N) is 1. The molecule has 1 aliphatic rings. The number of ether oxygens (including phenoxy) is 1. The molecule has 0 radical (unpaired) electrons. The molecule has 1 aliphatic heterocycles. The number of nitrogens with zero attached hydrogens (tertiary/aromatic N) is 2. The molecular weight excluding hydrogens is 330 g/mol. The number of carbonyl (C=O) groups excluding carboxylic acids is 1. The SMILES string of the molecule is COc1ccc2[nH]c(C(=O)N3C[C@@H](CO)[C@H](c4ccccn4)C3)cc2c1. The van der Waals surface area contributed by atoms with Crippen molar-refractivity contribution in [1.82, 2.24) is 14.9 Å². The zero-order valence-corrected chi connectivity index (χ0v) is 14.6. The van der Waals surface area contributed by atoms with Crippen molar-refractivity contribution in [2.24, 2.45) is 5.92 Å². The van der Waals surface area contributed by atoms with E-state index < -0.39 is 0 Å². The fourth-order valence-electron chi connectivity index (χ4n) is 3.68. The number of benzene rings is 1. The number of likely N-dealkylation sites (tertiary alicyclic amines) is 1. The quantitative estimate of drug-likeness (QED) is 0.757. The zero-order chi connectivity index (χ0) is 18.1. The van der Waals surface area contributed by atoms with Gasteiger partial charge < -0.3 is 19.7 Å². The standard InChI is InChI=1S/C20H21N3O3/c1-26-15-5-6-17-13(8-15)9-19(22-17)20(25)23-10-14(12-24)16(11-23)18-4-2-3-7-21-18/h2-9,14,16,22,24H,10-12H2,1H3/t14-,16+/m0/s1. The Morgan fingerprint density at radius 2 is 2.19 bits per heavy atom. The van der Waals surface area contributed by atoms with Gasteiger partial charge in [-0.15, -0.1) is 0 Å². The number of aromatic nitrogens is 2. The number of carbonyl (C=O) groups is 1. The van der Waals surface area contributed by atoms with Gasteiger partial charge in [-0.05, 0) is 36.4 Å². The normalized spacial score (nSPS) is 19.8. The summed E-state index contributed by atoms with van der Waals surface area (Å²) in [7, 11) is 1.62. The van der Waals surface area contributed by atoms with Crippen LogP contribution in [0.3, 0.4) is 0 Å². The third-order valence-corrected chi connectivity index (χ3v) is 5.09. The van der Waals surface area contributed by atoms with Crippen molar-refractivity contribution >= 4 is 16.8 Å². The highest BCUT2D eigenvalue weighted by atomic mass is 16.5. The lowest BCUT2D eigenvalue weighted by Gasteiger charge is -2.15. The van der Waals surface area contributed by atoms with E-state index in [9.17, 15) is 9.90 Å². The Morgan fingerprint density at radius 1 is 1.31 bits per heavy atom. The van der Waals surface area contributed by atoms with Crippen LogP contribution in [-0.4, -0.2) is 52.7 Å². The van der Waals surface area contributed by atoms with Gasteiger partial charge in [-0.3, -0.25) is 9.78 Å². The summed E-state index contributed by atoms with van der Waals surface area (Å²) in [5.41, 5.74) is 2.36. The summed E-state index contributed by atoms with van der Waals surface area (Å²) >= 11 is 0. The number of hydrogen-bond acceptors (Lipinski definition) is 4. The maximum Gasteiger partial charge on any atom is 0.270 e. The molecule has 1 amide bonds. The Balaban J connectivity index is 1.58. The minimum absolute atomic E-state index is 0.00155. The molecule has 2 aromatic heterocycles. The Morgan fingerprint density at radius 3 is 2.92 bits per heavy atom. The highest BCUT2D eigenvalue weighted by Gasteiger charge is 2.37. The lowest BCUT2D eigenvalue weighted by molar-refractivity contribution is 0.0776. The Bertz CT molecular complexity index is 922. The number of aliphatic hydroxyl groups is 1. The van der Waals surface area contributed by atoms with Crippen LogP contribution in [0.25, 0.3) is 10.9 Å². The van der Waals surface area contributed by atoms with Crippen LogP contribution in [0.5, 0.6) is 5.75 Å². The number of H-pyrrole nitrogens is 1. The van der Waals surface area contributed by atoms with E-state index in [4.69, 9.17) is 4.74 Å². The molecule has 2 atom stereocenters. The second-order valence-electron chi connectivity index (χ2n) is 6.65. The van der Waals surface area contributed by atoms with Crippen molar-refractivity contribution in [3.63, 3.8) is 0 Å². The van der Waals surface area contributed by atoms with Crippen LogP contribution in [0, 0.1) is 5.92 Å². The molecule has 26 heavy (non-hydrogen) atoms. The molecule has 4 rings (SSSR count). The number of pyridine rings is 1. The Labute approximate surface area is 151 Å². The first-order valence-corrected chi connectivity index (χ1v) is 8.67. The van der Waals surface area contributed by atoms with Crippen LogP contribution in [0.4, 0.5) is 0 Å². The van der Waals surface area contributed by atoms with Crippen LogP contribution in [0.15, 0.2) is 48.7 Å². The van der Waals surface area contributed by atoms with Gasteiger partial charge in [0.2, 0.25) is 0 Å². The second kappa shape index (κ2) is 6.80. The molecule has 0 aliphatic carbocycles. The summed E-state index contributed by atoms with van der Waals surface area (Å²) < 4.78 is 5.24. The second-order valence-corrected chi connectivity index (χ2v) is 6.65. The van der Waals surface area contributed by atoms with E-state index in [0.717, 1.165) is 22.3 Å². The van der Waals surface area contributed by atoms with Crippen LogP contribution in [0.1, 0.15) is 22.1 Å². The maximum atomic E-state index is 13.0. The van der Waals surface area contributed by atoms with Gasteiger partial charge in [0.05, 0.1) is 7.11 Å². The van der Waals surface area contributed by atoms with Gasteiger partial charge in [0.1, 0.15) is 11.4 Å². The van der Waals surface area contributed by atoms with Gasteiger partial charge in [0.25, 0.3) is 5.91 Å². The van der Waals surface area contributed by atoms with Crippen LogP contribution in [-0.2, 0) is 0 Å². The lowest BCUT2D eigenvalue weighted by Crippen LogP contribution is -2.29. The fourth-order valence-corrected chi connectivity index (χ4v) is 3.68. The maximum absolute atomic E-state index is 13.0. The van der Waals surface area contributed by atoms with E-state index in [1.165, 1.54) is 0 Å². The van der Waals surface area contributed by atoms with Crippen LogP contribution >= 0.6 is 0 Å². The molecular formula is C20H21N3O3. The van der Waals surface area contributed by atoms with E-state index >= 15 is 0 Å². The number of aliphatic hydroxyl groups excluding tert-OH is 1. The molecule has 3 heterocycles. The van der Waals surface area contributed by atoms with Gasteiger partial charge >= 0.3 is 0 Å². The first-order valence-electron chi connectivity index (χ1n) is 8.67. The van der Waals surface area contributed by atoms with Crippen LogP contribution in [0.2, 0.25) is 0 Å². The third-order valence-electron chi connectivity index (χ3n) is 5.09. The molecule has 1 fully saturated rings. The predicted molar refractivity (Wildman–Crippen MR) is 98.3 cm³/mol. The van der Waals surface area contributed by atoms with Crippen molar-refractivity contribution in [2.75, 3.05) is 26.8 Å². The number of fused-ring (bicyclic) bond motifs is 1. The van der Waals surface area contributed by atoms with Crippen molar-refractivity contribution in [3.05, 3.63) is 60.0 Å². The Kier molecular flexibility index (Phi) is 4.34. The molecule has 0 bridgehead atoms. The van der Waals surface area contributed by atoms with E-state index in [0.29, 0.717) is 18.8 Å². The summed E-state index contributed by atoms with van der Waals surface area (Å²) in [6, 6.07) is 13.3. The van der Waals surface area contributed by atoms with Gasteiger partial charge in [-0.1, -0.05) is 6.07 Å². The van der Waals surface area contributed by atoms with E-state index in [2.05, 4.69) is 9.97 Å². The van der Waals surface area contributed by atoms with Crippen molar-refractivity contribution in [3.8, 4) is 5.75 Å². The number of rotatable bonds is 4. The predicted octanol–water partition coefficient (Wildman–Crippen LogP) is 2.42. The number of amides is 1. The molecule has 1 aromatic carbocycles. The van der Waals surface area contributed by atoms with Gasteiger partial charge in [-0.2, -0.15) is 0 Å². The van der Waals surface area contributed by atoms with E-state index in [1.54, 1.807) is 18.2 Å².